The van der Waals surface area contributed by atoms with Crippen molar-refractivity contribution in [3.05, 3.63) is 126 Å². The van der Waals surface area contributed by atoms with Crippen LogP contribution in [0, 0.1) is 5.82 Å². The molecule has 0 radical (unpaired) electrons. The summed E-state index contributed by atoms with van der Waals surface area (Å²) in [6.07, 6.45) is 9.35. The summed E-state index contributed by atoms with van der Waals surface area (Å²) >= 11 is 0. The van der Waals surface area contributed by atoms with Gasteiger partial charge >= 0.3 is 11.9 Å². The lowest BCUT2D eigenvalue weighted by Gasteiger charge is -2.04. The molecule has 0 atom stereocenters. The number of hydrogen-bond acceptors (Lipinski definition) is 4. The van der Waals surface area contributed by atoms with Crippen LogP contribution in [0.1, 0.15) is 27.8 Å². The predicted octanol–water partition coefficient (Wildman–Crippen LogP) is 6.49. The van der Waals surface area contributed by atoms with Gasteiger partial charge < -0.3 is 9.47 Å². The fourth-order valence-electron chi connectivity index (χ4n) is 2.97. The summed E-state index contributed by atoms with van der Waals surface area (Å²) < 4.78 is 24.7. The molecule has 4 nitrogen and oxygen atoms in total. The van der Waals surface area contributed by atoms with E-state index in [0.717, 1.165) is 28.8 Å². The predicted molar refractivity (Wildman–Crippen MR) is 133 cm³/mol. The molecule has 0 N–H and O–H groups in total. The second-order valence-corrected chi connectivity index (χ2v) is 7.20. The van der Waals surface area contributed by atoms with Crippen LogP contribution in [-0.4, -0.2) is 11.9 Å². The van der Waals surface area contributed by atoms with Gasteiger partial charge in [-0.3, -0.25) is 0 Å². The van der Waals surface area contributed by atoms with Gasteiger partial charge in [-0.25, -0.2) is 14.0 Å². The lowest BCUT2D eigenvalue weighted by Crippen LogP contribution is -2.02. The molecule has 0 amide bonds. The summed E-state index contributed by atoms with van der Waals surface area (Å²) in [5.74, 6) is -0.925. The van der Waals surface area contributed by atoms with Gasteiger partial charge in [-0.1, -0.05) is 79.9 Å². The first-order chi connectivity index (χ1) is 16.5. The van der Waals surface area contributed by atoms with E-state index < -0.39 is 11.9 Å². The van der Waals surface area contributed by atoms with Crippen LogP contribution in [0.15, 0.2) is 92.0 Å². The number of esters is 2. The van der Waals surface area contributed by atoms with Gasteiger partial charge in [0.1, 0.15) is 18.2 Å². The maximum absolute atomic E-state index is 14.6. The highest BCUT2D eigenvalue weighted by molar-refractivity contribution is 5.83. The first kappa shape index (κ1) is 24.1. The van der Waals surface area contributed by atoms with Crippen molar-refractivity contribution < 1.29 is 23.5 Å². The molecule has 0 spiro atoms. The lowest BCUT2D eigenvalue weighted by molar-refractivity contribution is -0.139. The minimum atomic E-state index is -0.519. The van der Waals surface area contributed by atoms with Crippen LogP contribution in [0.3, 0.4) is 0 Å². The molecule has 170 valence electrons. The van der Waals surface area contributed by atoms with E-state index in [1.807, 2.05) is 36.4 Å². The van der Waals surface area contributed by atoms with Crippen LogP contribution in [0.4, 0.5) is 4.39 Å². The van der Waals surface area contributed by atoms with Gasteiger partial charge in [0, 0.05) is 17.7 Å². The topological polar surface area (TPSA) is 52.6 Å². The second-order valence-electron chi connectivity index (χ2n) is 7.20. The number of hydrogen-bond donors (Lipinski definition) is 0. The molecule has 3 aromatic carbocycles. The van der Waals surface area contributed by atoms with E-state index in [0.29, 0.717) is 16.9 Å². The molecule has 0 aliphatic carbocycles. The molecule has 0 fully saturated rings. The standard InChI is InChI=1S/C29H23FO4/c1-3-28(31)33-20-24-7-5-6-22(18-24)10-14-25-15-11-23(19-27(25)30)9-8-21-12-16-26(17-13-21)34-29(32)4-2/h3-19H,1-2,20H2/b9-8+,14-10+. The molecule has 5 heteroatoms. The van der Waals surface area contributed by atoms with Crippen LogP contribution >= 0.6 is 0 Å². The van der Waals surface area contributed by atoms with E-state index in [4.69, 9.17) is 9.47 Å². The number of ether oxygens (including phenoxy) is 2. The smallest absolute Gasteiger partial charge is 0.335 e. The molecule has 0 saturated heterocycles. The van der Waals surface area contributed by atoms with Crippen LogP contribution in [0.25, 0.3) is 24.3 Å². The normalized spacial score (nSPS) is 10.9. The molecule has 3 aromatic rings. The van der Waals surface area contributed by atoms with E-state index in [-0.39, 0.29) is 12.4 Å². The summed E-state index contributed by atoms with van der Waals surface area (Å²) in [4.78, 5) is 22.4. The molecule has 34 heavy (non-hydrogen) atoms. The zero-order valence-corrected chi connectivity index (χ0v) is 18.4. The van der Waals surface area contributed by atoms with Crippen molar-refractivity contribution in [3.63, 3.8) is 0 Å². The molecule has 3 rings (SSSR count). The van der Waals surface area contributed by atoms with Crippen LogP contribution in [-0.2, 0) is 20.9 Å². The zero-order chi connectivity index (χ0) is 24.3. The second kappa shape index (κ2) is 11.9. The average Bonchev–Trinajstić information content (AvgIpc) is 2.86. The Hall–Kier alpha value is -4.51. The van der Waals surface area contributed by atoms with E-state index in [1.165, 1.54) is 6.07 Å². The van der Waals surface area contributed by atoms with E-state index >= 15 is 0 Å². The molecular weight excluding hydrogens is 431 g/mol. The first-order valence-electron chi connectivity index (χ1n) is 10.4. The highest BCUT2D eigenvalue weighted by Crippen LogP contribution is 2.18. The summed E-state index contributed by atoms with van der Waals surface area (Å²) in [6.45, 7) is 6.87. The third-order valence-corrected chi connectivity index (χ3v) is 4.71. The Morgan fingerprint density at radius 1 is 0.765 bits per heavy atom. The number of carbonyl (C=O) groups excluding carboxylic acids is 2. The first-order valence-corrected chi connectivity index (χ1v) is 10.4. The van der Waals surface area contributed by atoms with E-state index in [9.17, 15) is 14.0 Å². The molecule has 0 heterocycles. The molecule has 0 saturated carbocycles. The fraction of sp³-hybridized carbons (Fsp3) is 0.0345. The molecule has 0 unspecified atom stereocenters. The molecule has 0 aliphatic heterocycles. The fourth-order valence-corrected chi connectivity index (χ4v) is 2.97. The quantitative estimate of drug-likeness (QED) is 0.161. The number of benzene rings is 3. The summed E-state index contributed by atoms with van der Waals surface area (Å²) in [5.41, 5.74) is 3.72. The van der Waals surface area contributed by atoms with Crippen molar-refractivity contribution in [2.75, 3.05) is 0 Å². The van der Waals surface area contributed by atoms with Gasteiger partial charge in [0.05, 0.1) is 0 Å². The highest BCUT2D eigenvalue weighted by Gasteiger charge is 2.02. The highest BCUT2D eigenvalue weighted by atomic mass is 19.1. The molecule has 0 bridgehead atoms. The largest absolute Gasteiger partial charge is 0.458 e. The minimum Gasteiger partial charge on any atom is -0.458 e. The average molecular weight is 454 g/mol. The van der Waals surface area contributed by atoms with E-state index in [2.05, 4.69) is 13.2 Å². The maximum Gasteiger partial charge on any atom is 0.335 e. The van der Waals surface area contributed by atoms with E-state index in [1.54, 1.807) is 48.6 Å². The van der Waals surface area contributed by atoms with Crippen LogP contribution in [0.2, 0.25) is 0 Å². The van der Waals surface area contributed by atoms with Gasteiger partial charge in [0.15, 0.2) is 0 Å². The molecular formula is C29H23FO4. The van der Waals surface area contributed by atoms with Crippen molar-refractivity contribution in [1.82, 2.24) is 0 Å². The van der Waals surface area contributed by atoms with Gasteiger partial charge in [-0.05, 0) is 46.5 Å². The van der Waals surface area contributed by atoms with Crippen molar-refractivity contribution >= 4 is 36.2 Å². The Labute approximate surface area is 198 Å². The number of halogens is 1. The minimum absolute atomic E-state index is 0.143. The van der Waals surface area contributed by atoms with Crippen molar-refractivity contribution in [2.45, 2.75) is 6.61 Å². The number of rotatable bonds is 9. The zero-order valence-electron chi connectivity index (χ0n) is 18.4. The Morgan fingerprint density at radius 2 is 1.41 bits per heavy atom. The number of carbonyl (C=O) groups is 2. The Balaban J connectivity index is 1.64. The third kappa shape index (κ3) is 7.28. The van der Waals surface area contributed by atoms with Gasteiger partial charge in [-0.2, -0.15) is 0 Å². The van der Waals surface area contributed by atoms with Crippen molar-refractivity contribution in [1.29, 1.82) is 0 Å². The SMILES string of the molecule is C=CC(=O)OCc1cccc(/C=C/c2ccc(/C=C/c3ccc(OC(=O)C=C)cc3)cc2F)c1. The van der Waals surface area contributed by atoms with Gasteiger partial charge in [-0.15, -0.1) is 0 Å². The monoisotopic (exact) mass is 454 g/mol. The maximum atomic E-state index is 14.6. The lowest BCUT2D eigenvalue weighted by atomic mass is 10.1. The molecule has 0 aromatic heterocycles. The van der Waals surface area contributed by atoms with Crippen molar-refractivity contribution in [3.8, 4) is 5.75 Å². The summed E-state index contributed by atoms with van der Waals surface area (Å²) in [7, 11) is 0. The Kier molecular flexibility index (Phi) is 8.47. The van der Waals surface area contributed by atoms with Crippen LogP contribution in [0.5, 0.6) is 5.75 Å². The third-order valence-electron chi connectivity index (χ3n) is 4.71. The van der Waals surface area contributed by atoms with Crippen molar-refractivity contribution in [2.24, 2.45) is 0 Å². The Morgan fingerprint density at radius 3 is 2.12 bits per heavy atom. The molecule has 0 aliphatic rings. The van der Waals surface area contributed by atoms with Gasteiger partial charge in [0.25, 0.3) is 0 Å². The Bertz CT molecular complexity index is 1250. The summed E-state index contributed by atoms with van der Waals surface area (Å²) in [5, 5.41) is 0. The van der Waals surface area contributed by atoms with Crippen LogP contribution < -0.4 is 4.74 Å². The van der Waals surface area contributed by atoms with Gasteiger partial charge in [0.2, 0.25) is 0 Å². The summed E-state index contributed by atoms with van der Waals surface area (Å²) in [6, 6.07) is 19.4.